The molecular formula is C11H20N4O. The Kier molecular flexibility index (Phi) is 4.33. The van der Waals surface area contributed by atoms with Gasteiger partial charge in [-0.15, -0.1) is 0 Å². The number of hydrogen-bond acceptors (Lipinski definition) is 4. The molecule has 5 nitrogen and oxygen atoms in total. The summed E-state index contributed by atoms with van der Waals surface area (Å²) in [6.07, 6.45) is 3.80. The molecule has 5 heteroatoms. The van der Waals surface area contributed by atoms with E-state index in [0.717, 1.165) is 51.8 Å². The zero-order valence-electron chi connectivity index (χ0n) is 9.85. The standard InChI is InChI=1S/C11H20N4O/c1-14-4-3-13-11(14)10-12-2-5-15-6-8-16-9-7-15/h3-4,12H,2,5-10H2,1H3. The fourth-order valence-electron chi connectivity index (χ4n) is 1.83. The lowest BCUT2D eigenvalue weighted by atomic mass is 10.4. The van der Waals surface area contributed by atoms with Gasteiger partial charge in [-0.25, -0.2) is 4.98 Å². The SMILES string of the molecule is Cn1ccnc1CNCCN1CCOCC1. The molecule has 0 spiro atoms. The summed E-state index contributed by atoms with van der Waals surface area (Å²) in [5, 5.41) is 3.41. The lowest BCUT2D eigenvalue weighted by Crippen LogP contribution is -2.40. The third-order valence-electron chi connectivity index (χ3n) is 2.91. The number of aromatic nitrogens is 2. The van der Waals surface area contributed by atoms with E-state index in [4.69, 9.17) is 4.74 Å². The second-order valence-corrected chi connectivity index (χ2v) is 4.09. The third kappa shape index (κ3) is 3.30. The highest BCUT2D eigenvalue weighted by Crippen LogP contribution is 1.96. The van der Waals surface area contributed by atoms with Crippen molar-refractivity contribution in [2.75, 3.05) is 39.4 Å². The van der Waals surface area contributed by atoms with Gasteiger partial charge in [-0.2, -0.15) is 0 Å². The van der Waals surface area contributed by atoms with Crippen LogP contribution in [0.3, 0.4) is 0 Å². The Balaban J connectivity index is 1.59. The maximum Gasteiger partial charge on any atom is 0.122 e. The molecule has 0 saturated carbocycles. The average Bonchev–Trinajstić information content (AvgIpc) is 2.72. The molecule has 1 aromatic heterocycles. The van der Waals surface area contributed by atoms with Gasteiger partial charge < -0.3 is 14.6 Å². The topological polar surface area (TPSA) is 42.3 Å². The van der Waals surface area contributed by atoms with E-state index in [-0.39, 0.29) is 0 Å². The highest BCUT2D eigenvalue weighted by atomic mass is 16.5. The molecule has 0 bridgehead atoms. The molecule has 1 aromatic rings. The van der Waals surface area contributed by atoms with Crippen molar-refractivity contribution in [3.05, 3.63) is 18.2 Å². The van der Waals surface area contributed by atoms with Gasteiger partial charge in [-0.05, 0) is 0 Å². The number of ether oxygens (including phenoxy) is 1. The van der Waals surface area contributed by atoms with Crippen LogP contribution < -0.4 is 5.32 Å². The van der Waals surface area contributed by atoms with Crippen LogP contribution in [0.4, 0.5) is 0 Å². The lowest BCUT2D eigenvalue weighted by molar-refractivity contribution is 0.0384. The molecule has 0 atom stereocenters. The summed E-state index contributed by atoms with van der Waals surface area (Å²) < 4.78 is 7.35. The van der Waals surface area contributed by atoms with Crippen LogP contribution in [-0.2, 0) is 18.3 Å². The molecule has 1 saturated heterocycles. The molecule has 2 heterocycles. The van der Waals surface area contributed by atoms with E-state index in [0.29, 0.717) is 0 Å². The maximum absolute atomic E-state index is 5.31. The monoisotopic (exact) mass is 224 g/mol. The van der Waals surface area contributed by atoms with Gasteiger partial charge in [-0.3, -0.25) is 4.90 Å². The normalized spacial score (nSPS) is 17.8. The Hall–Kier alpha value is -0.910. The lowest BCUT2D eigenvalue weighted by Gasteiger charge is -2.26. The molecule has 90 valence electrons. The molecule has 0 amide bonds. The number of hydrogen-bond donors (Lipinski definition) is 1. The van der Waals surface area contributed by atoms with E-state index in [2.05, 4.69) is 15.2 Å². The van der Waals surface area contributed by atoms with Crippen LogP contribution in [-0.4, -0.2) is 53.8 Å². The van der Waals surface area contributed by atoms with Gasteiger partial charge in [0.2, 0.25) is 0 Å². The predicted octanol–water partition coefficient (Wildman–Crippen LogP) is -0.158. The predicted molar refractivity (Wildman–Crippen MR) is 62.2 cm³/mol. The molecule has 1 N–H and O–H groups in total. The Labute approximate surface area is 96.4 Å². The van der Waals surface area contributed by atoms with E-state index >= 15 is 0 Å². The summed E-state index contributed by atoms with van der Waals surface area (Å²) in [6, 6.07) is 0. The van der Waals surface area contributed by atoms with Crippen molar-refractivity contribution in [3.63, 3.8) is 0 Å². The van der Waals surface area contributed by atoms with Gasteiger partial charge in [0.15, 0.2) is 0 Å². The molecule has 0 aliphatic carbocycles. The first-order valence-electron chi connectivity index (χ1n) is 5.83. The minimum Gasteiger partial charge on any atom is -0.379 e. The van der Waals surface area contributed by atoms with Crippen molar-refractivity contribution in [2.24, 2.45) is 7.05 Å². The molecular weight excluding hydrogens is 204 g/mol. The number of imidazole rings is 1. The van der Waals surface area contributed by atoms with Crippen molar-refractivity contribution >= 4 is 0 Å². The van der Waals surface area contributed by atoms with Gasteiger partial charge in [0.1, 0.15) is 5.82 Å². The minimum absolute atomic E-state index is 0.841. The van der Waals surface area contributed by atoms with E-state index < -0.39 is 0 Å². The number of nitrogens with zero attached hydrogens (tertiary/aromatic N) is 3. The van der Waals surface area contributed by atoms with Gasteiger partial charge >= 0.3 is 0 Å². The van der Waals surface area contributed by atoms with Gasteiger partial charge in [0.05, 0.1) is 19.8 Å². The summed E-state index contributed by atoms with van der Waals surface area (Å²) >= 11 is 0. The second-order valence-electron chi connectivity index (χ2n) is 4.09. The van der Waals surface area contributed by atoms with Crippen LogP contribution in [0, 0.1) is 0 Å². The van der Waals surface area contributed by atoms with E-state index in [1.54, 1.807) is 0 Å². The molecule has 0 unspecified atom stereocenters. The fraction of sp³-hybridized carbons (Fsp3) is 0.727. The first-order valence-corrected chi connectivity index (χ1v) is 5.83. The zero-order valence-corrected chi connectivity index (χ0v) is 9.85. The smallest absolute Gasteiger partial charge is 0.122 e. The Morgan fingerprint density at radius 3 is 2.94 bits per heavy atom. The van der Waals surface area contributed by atoms with Crippen LogP contribution in [0.15, 0.2) is 12.4 Å². The summed E-state index contributed by atoms with van der Waals surface area (Å²) in [7, 11) is 2.02. The van der Waals surface area contributed by atoms with Crippen LogP contribution in [0.25, 0.3) is 0 Å². The third-order valence-corrected chi connectivity index (χ3v) is 2.91. The summed E-state index contributed by atoms with van der Waals surface area (Å²) in [5.74, 6) is 1.09. The Morgan fingerprint density at radius 2 is 2.25 bits per heavy atom. The van der Waals surface area contributed by atoms with Gasteiger partial charge in [-0.1, -0.05) is 0 Å². The van der Waals surface area contributed by atoms with Crippen LogP contribution in [0.5, 0.6) is 0 Å². The van der Waals surface area contributed by atoms with Crippen LogP contribution in [0.1, 0.15) is 5.82 Å². The van der Waals surface area contributed by atoms with E-state index in [9.17, 15) is 0 Å². The molecule has 1 aliphatic rings. The van der Waals surface area contributed by atoms with E-state index in [1.807, 2.05) is 24.0 Å². The summed E-state index contributed by atoms with van der Waals surface area (Å²) in [4.78, 5) is 6.69. The van der Waals surface area contributed by atoms with Crippen molar-refractivity contribution in [3.8, 4) is 0 Å². The summed E-state index contributed by atoms with van der Waals surface area (Å²) in [6.45, 7) is 6.81. The number of rotatable bonds is 5. The molecule has 16 heavy (non-hydrogen) atoms. The maximum atomic E-state index is 5.31. The highest BCUT2D eigenvalue weighted by molar-refractivity contribution is 4.90. The Morgan fingerprint density at radius 1 is 1.44 bits per heavy atom. The average molecular weight is 224 g/mol. The van der Waals surface area contributed by atoms with Crippen molar-refractivity contribution in [2.45, 2.75) is 6.54 Å². The first-order chi connectivity index (χ1) is 7.86. The van der Waals surface area contributed by atoms with Crippen LogP contribution >= 0.6 is 0 Å². The molecule has 1 fully saturated rings. The highest BCUT2D eigenvalue weighted by Gasteiger charge is 2.09. The van der Waals surface area contributed by atoms with Crippen molar-refractivity contribution < 1.29 is 4.74 Å². The fourth-order valence-corrected chi connectivity index (χ4v) is 1.83. The minimum atomic E-state index is 0.841. The summed E-state index contributed by atoms with van der Waals surface area (Å²) in [5.41, 5.74) is 0. The zero-order chi connectivity index (χ0) is 11.2. The molecule has 1 aliphatic heterocycles. The quantitative estimate of drug-likeness (QED) is 0.706. The molecule has 0 radical (unpaired) electrons. The van der Waals surface area contributed by atoms with E-state index in [1.165, 1.54) is 0 Å². The van der Waals surface area contributed by atoms with Crippen molar-refractivity contribution in [1.82, 2.24) is 19.8 Å². The first kappa shape index (κ1) is 11.6. The molecule has 2 rings (SSSR count). The van der Waals surface area contributed by atoms with Gasteiger partial charge in [0, 0.05) is 45.6 Å². The Bertz CT molecular complexity index is 307. The largest absolute Gasteiger partial charge is 0.379 e. The molecule has 0 aromatic carbocycles. The van der Waals surface area contributed by atoms with Crippen molar-refractivity contribution in [1.29, 1.82) is 0 Å². The van der Waals surface area contributed by atoms with Crippen LogP contribution in [0.2, 0.25) is 0 Å². The second kappa shape index (κ2) is 5.98. The van der Waals surface area contributed by atoms with Gasteiger partial charge in [0.25, 0.3) is 0 Å². The number of nitrogens with one attached hydrogen (secondary N) is 1. The number of aryl methyl sites for hydroxylation is 1. The number of morpholine rings is 1.